The molecule has 1 atom stereocenters. The van der Waals surface area contributed by atoms with E-state index in [0.29, 0.717) is 0 Å². The lowest BCUT2D eigenvalue weighted by Crippen LogP contribution is -2.16. The van der Waals surface area contributed by atoms with Gasteiger partial charge in [0.25, 0.3) is 0 Å². The van der Waals surface area contributed by atoms with Gasteiger partial charge in [-0.1, -0.05) is 12.8 Å². The Hall–Kier alpha value is -0.410. The molecule has 1 saturated carbocycles. The van der Waals surface area contributed by atoms with Crippen molar-refractivity contribution in [2.75, 3.05) is 6.54 Å². The molecule has 2 N–H and O–H groups in total. The molecule has 1 aromatic heterocycles. The Balaban J connectivity index is 1.74. The molecule has 1 fully saturated rings. The van der Waals surface area contributed by atoms with Crippen LogP contribution in [0.4, 0.5) is 0 Å². The number of nitrogens with two attached hydrogens (primary N) is 1. The molecule has 2 nitrogen and oxygen atoms in total. The fraction of sp³-hybridized carbons (Fsp3) is 0.786. The molecule has 94 valence electrons. The van der Waals surface area contributed by atoms with E-state index < -0.39 is 0 Å². The second-order valence-corrected chi connectivity index (χ2v) is 6.70. The van der Waals surface area contributed by atoms with Gasteiger partial charge in [0.05, 0.1) is 10.7 Å². The highest BCUT2D eigenvalue weighted by Crippen LogP contribution is 2.39. The monoisotopic (exact) mass is 250 g/mol. The van der Waals surface area contributed by atoms with E-state index in [9.17, 15) is 0 Å². The minimum absolute atomic E-state index is 0.790. The molecular formula is C14H22N2S. The van der Waals surface area contributed by atoms with Crippen LogP contribution in [0.15, 0.2) is 0 Å². The van der Waals surface area contributed by atoms with Crippen LogP contribution in [0.2, 0.25) is 0 Å². The second kappa shape index (κ2) is 5.07. The van der Waals surface area contributed by atoms with Crippen molar-refractivity contribution in [3.63, 3.8) is 0 Å². The zero-order chi connectivity index (χ0) is 11.7. The lowest BCUT2D eigenvalue weighted by Gasteiger charge is -2.19. The average molecular weight is 250 g/mol. The number of thiazole rings is 1. The Morgan fingerprint density at radius 1 is 1.24 bits per heavy atom. The molecule has 1 aromatic rings. The first-order valence-corrected chi connectivity index (χ1v) is 7.87. The van der Waals surface area contributed by atoms with E-state index in [1.165, 1.54) is 62.1 Å². The summed E-state index contributed by atoms with van der Waals surface area (Å²) in [6.07, 6.45) is 10.5. The van der Waals surface area contributed by atoms with Crippen LogP contribution in [0.25, 0.3) is 0 Å². The van der Waals surface area contributed by atoms with Crippen LogP contribution in [0.1, 0.15) is 60.0 Å². The summed E-state index contributed by atoms with van der Waals surface area (Å²) in [6, 6.07) is 0. The summed E-state index contributed by atoms with van der Waals surface area (Å²) in [4.78, 5) is 6.49. The predicted octanol–water partition coefficient (Wildman–Crippen LogP) is 3.25. The highest BCUT2D eigenvalue weighted by Gasteiger charge is 2.26. The zero-order valence-corrected chi connectivity index (χ0v) is 11.3. The van der Waals surface area contributed by atoms with Gasteiger partial charge in [-0.2, -0.15) is 0 Å². The molecular weight excluding hydrogens is 228 g/mol. The fourth-order valence-electron chi connectivity index (χ4n) is 3.29. The Kier molecular flexibility index (Phi) is 3.48. The number of aryl methyl sites for hydroxylation is 1. The Morgan fingerprint density at radius 3 is 2.82 bits per heavy atom. The van der Waals surface area contributed by atoms with E-state index in [1.54, 1.807) is 4.88 Å². The quantitative estimate of drug-likeness (QED) is 0.894. The van der Waals surface area contributed by atoms with Crippen molar-refractivity contribution in [1.29, 1.82) is 0 Å². The third-order valence-electron chi connectivity index (χ3n) is 4.34. The molecule has 17 heavy (non-hydrogen) atoms. The summed E-state index contributed by atoms with van der Waals surface area (Å²) >= 11 is 2.01. The summed E-state index contributed by atoms with van der Waals surface area (Å²) in [6.45, 7) is 0.842. The summed E-state index contributed by atoms with van der Waals surface area (Å²) in [7, 11) is 0. The van der Waals surface area contributed by atoms with Crippen LogP contribution in [0.5, 0.6) is 0 Å². The number of aromatic nitrogens is 1. The third-order valence-corrected chi connectivity index (χ3v) is 5.62. The number of rotatable bonds is 3. The lowest BCUT2D eigenvalue weighted by molar-refractivity contribution is 0.433. The van der Waals surface area contributed by atoms with Crippen LogP contribution >= 0.6 is 11.3 Å². The maximum absolute atomic E-state index is 5.67. The molecule has 0 aromatic carbocycles. The standard InChI is InChI=1S/C14H22N2S/c15-8-7-10-5-6-12-13(9-10)17-14(16-12)11-3-1-2-4-11/h10-11H,1-9,15H2. The highest BCUT2D eigenvalue weighted by atomic mass is 32.1. The maximum Gasteiger partial charge on any atom is 0.0962 e. The van der Waals surface area contributed by atoms with Crippen molar-refractivity contribution in [1.82, 2.24) is 4.98 Å². The summed E-state index contributed by atoms with van der Waals surface area (Å²) < 4.78 is 0. The van der Waals surface area contributed by atoms with Crippen LogP contribution in [0, 0.1) is 5.92 Å². The van der Waals surface area contributed by atoms with Crippen molar-refractivity contribution in [2.24, 2.45) is 11.7 Å². The van der Waals surface area contributed by atoms with Crippen molar-refractivity contribution in [2.45, 2.75) is 57.3 Å². The SMILES string of the molecule is NCCC1CCc2nc(C3CCCC3)sc2C1. The Morgan fingerprint density at radius 2 is 2.06 bits per heavy atom. The van der Waals surface area contributed by atoms with Gasteiger partial charge in [-0.3, -0.25) is 0 Å². The molecule has 0 amide bonds. The summed E-state index contributed by atoms with van der Waals surface area (Å²) in [5, 5.41) is 1.45. The van der Waals surface area contributed by atoms with E-state index in [-0.39, 0.29) is 0 Å². The minimum atomic E-state index is 0.790. The van der Waals surface area contributed by atoms with Gasteiger partial charge in [-0.15, -0.1) is 11.3 Å². The van der Waals surface area contributed by atoms with Gasteiger partial charge in [0.15, 0.2) is 0 Å². The van der Waals surface area contributed by atoms with Crippen molar-refractivity contribution in [3.05, 3.63) is 15.6 Å². The molecule has 0 bridgehead atoms. The van der Waals surface area contributed by atoms with Crippen LogP contribution < -0.4 is 5.73 Å². The molecule has 3 heteroatoms. The van der Waals surface area contributed by atoms with Crippen LogP contribution in [0.3, 0.4) is 0 Å². The topological polar surface area (TPSA) is 38.9 Å². The smallest absolute Gasteiger partial charge is 0.0962 e. The number of hydrogen-bond donors (Lipinski definition) is 1. The Bertz CT molecular complexity index is 380. The van der Waals surface area contributed by atoms with Crippen molar-refractivity contribution in [3.8, 4) is 0 Å². The third kappa shape index (κ3) is 2.41. The number of fused-ring (bicyclic) bond motifs is 1. The molecule has 3 rings (SSSR count). The molecule has 2 aliphatic carbocycles. The molecule has 0 radical (unpaired) electrons. The van der Waals surface area contributed by atoms with E-state index in [0.717, 1.165) is 18.4 Å². The molecule has 0 aliphatic heterocycles. The largest absolute Gasteiger partial charge is 0.330 e. The first kappa shape index (κ1) is 11.7. The minimum Gasteiger partial charge on any atom is -0.330 e. The normalized spacial score (nSPS) is 25.1. The van der Waals surface area contributed by atoms with E-state index >= 15 is 0 Å². The van der Waals surface area contributed by atoms with Crippen molar-refractivity contribution >= 4 is 11.3 Å². The Labute approximate surface area is 108 Å². The maximum atomic E-state index is 5.67. The predicted molar refractivity (Wildman–Crippen MR) is 72.5 cm³/mol. The van der Waals surface area contributed by atoms with Gasteiger partial charge in [0.1, 0.15) is 0 Å². The molecule has 0 saturated heterocycles. The van der Waals surface area contributed by atoms with Gasteiger partial charge in [0.2, 0.25) is 0 Å². The van der Waals surface area contributed by atoms with Crippen molar-refractivity contribution < 1.29 is 0 Å². The molecule has 1 unspecified atom stereocenters. The first-order chi connectivity index (χ1) is 8.36. The fourth-order valence-corrected chi connectivity index (χ4v) is 4.69. The van der Waals surface area contributed by atoms with E-state index in [2.05, 4.69) is 0 Å². The van der Waals surface area contributed by atoms with E-state index in [1.807, 2.05) is 11.3 Å². The van der Waals surface area contributed by atoms with Gasteiger partial charge in [-0.05, 0) is 51.0 Å². The highest BCUT2D eigenvalue weighted by molar-refractivity contribution is 7.11. The van der Waals surface area contributed by atoms with Crippen LogP contribution in [-0.2, 0) is 12.8 Å². The van der Waals surface area contributed by atoms with Gasteiger partial charge in [-0.25, -0.2) is 4.98 Å². The zero-order valence-electron chi connectivity index (χ0n) is 10.5. The van der Waals surface area contributed by atoms with Gasteiger partial charge < -0.3 is 5.73 Å². The lowest BCUT2D eigenvalue weighted by atomic mass is 9.89. The van der Waals surface area contributed by atoms with E-state index in [4.69, 9.17) is 10.7 Å². The van der Waals surface area contributed by atoms with Gasteiger partial charge >= 0.3 is 0 Å². The number of hydrogen-bond acceptors (Lipinski definition) is 3. The molecule has 1 heterocycles. The molecule has 0 spiro atoms. The average Bonchev–Trinajstić information content (AvgIpc) is 2.97. The summed E-state index contributed by atoms with van der Waals surface area (Å²) in [5.74, 6) is 1.61. The summed E-state index contributed by atoms with van der Waals surface area (Å²) in [5.41, 5.74) is 7.09. The second-order valence-electron chi connectivity index (χ2n) is 5.59. The number of nitrogens with zero attached hydrogens (tertiary/aromatic N) is 1. The van der Waals surface area contributed by atoms with Crippen LogP contribution in [-0.4, -0.2) is 11.5 Å². The first-order valence-electron chi connectivity index (χ1n) is 7.05. The molecule has 2 aliphatic rings. The van der Waals surface area contributed by atoms with Gasteiger partial charge in [0, 0.05) is 10.8 Å².